The molecule has 3 nitrogen and oxygen atoms in total. The van der Waals surface area contributed by atoms with E-state index in [4.69, 9.17) is 5.73 Å². The van der Waals surface area contributed by atoms with E-state index in [1.54, 1.807) is 0 Å². The molecule has 16 heavy (non-hydrogen) atoms. The molecule has 0 aliphatic carbocycles. The first-order chi connectivity index (χ1) is 7.50. The van der Waals surface area contributed by atoms with E-state index in [0.717, 1.165) is 26.3 Å². The lowest BCUT2D eigenvalue weighted by atomic mass is 10.2. The van der Waals surface area contributed by atoms with E-state index in [2.05, 4.69) is 41.5 Å². The third-order valence-corrected chi connectivity index (χ3v) is 3.54. The van der Waals surface area contributed by atoms with Crippen LogP contribution in [-0.2, 0) is 0 Å². The summed E-state index contributed by atoms with van der Waals surface area (Å²) in [5.74, 6) is 0. The van der Waals surface area contributed by atoms with Crippen molar-refractivity contribution < 1.29 is 0 Å². The monoisotopic (exact) mass is 327 g/mol. The maximum atomic E-state index is 6.02. The van der Waals surface area contributed by atoms with E-state index in [1.807, 2.05) is 29.8 Å². The van der Waals surface area contributed by atoms with Crippen LogP contribution < -0.4 is 5.73 Å². The second-order valence-corrected chi connectivity index (χ2v) is 5.16. The van der Waals surface area contributed by atoms with Crippen LogP contribution in [0.15, 0.2) is 18.2 Å². The van der Waals surface area contributed by atoms with Crippen molar-refractivity contribution in [2.24, 2.45) is 0 Å². The van der Waals surface area contributed by atoms with Crippen LogP contribution in [0.3, 0.4) is 0 Å². The Morgan fingerprint density at radius 2 is 1.94 bits per heavy atom. The van der Waals surface area contributed by atoms with Crippen LogP contribution in [-0.4, -0.2) is 9.78 Å². The molecular weight excluding hydrogens is 313 g/mol. The van der Waals surface area contributed by atoms with Gasteiger partial charge in [-0.3, -0.25) is 0 Å². The molecule has 0 bridgehead atoms. The Hall–Kier alpha value is -1.04. The van der Waals surface area contributed by atoms with Crippen molar-refractivity contribution >= 4 is 28.3 Å². The average Bonchev–Trinajstić information content (AvgIpc) is 2.46. The minimum Gasteiger partial charge on any atom is -0.397 e. The molecule has 0 saturated carbocycles. The van der Waals surface area contributed by atoms with Gasteiger partial charge in [-0.1, -0.05) is 0 Å². The van der Waals surface area contributed by atoms with E-state index in [9.17, 15) is 0 Å². The molecule has 0 saturated heterocycles. The van der Waals surface area contributed by atoms with Gasteiger partial charge in [-0.2, -0.15) is 5.10 Å². The summed E-state index contributed by atoms with van der Waals surface area (Å²) >= 11 is 2.25. The van der Waals surface area contributed by atoms with Crippen LogP contribution >= 0.6 is 22.6 Å². The number of anilines is 1. The van der Waals surface area contributed by atoms with Gasteiger partial charge in [0.15, 0.2) is 0 Å². The summed E-state index contributed by atoms with van der Waals surface area (Å²) in [6.45, 7) is 6.16. The first kappa shape index (κ1) is 11.4. The van der Waals surface area contributed by atoms with Crippen LogP contribution in [0, 0.1) is 24.3 Å². The first-order valence-corrected chi connectivity index (χ1v) is 6.17. The van der Waals surface area contributed by atoms with Crippen molar-refractivity contribution in [1.82, 2.24) is 9.78 Å². The highest BCUT2D eigenvalue weighted by Gasteiger charge is 2.10. The Labute approximate surface area is 109 Å². The molecule has 0 amide bonds. The molecule has 0 atom stereocenters. The number of nitrogens with zero attached hydrogens (tertiary/aromatic N) is 2. The van der Waals surface area contributed by atoms with Gasteiger partial charge in [0.2, 0.25) is 0 Å². The lowest BCUT2D eigenvalue weighted by Gasteiger charge is -2.08. The topological polar surface area (TPSA) is 43.8 Å². The molecule has 0 aliphatic rings. The van der Waals surface area contributed by atoms with Crippen LogP contribution in [0.25, 0.3) is 5.69 Å². The fourth-order valence-corrected chi connectivity index (χ4v) is 2.19. The molecule has 2 rings (SSSR count). The van der Waals surface area contributed by atoms with Gasteiger partial charge < -0.3 is 5.73 Å². The molecule has 1 aromatic heterocycles. The number of halogens is 1. The minimum atomic E-state index is 0.762. The Kier molecular flexibility index (Phi) is 2.92. The summed E-state index contributed by atoms with van der Waals surface area (Å²) in [6.07, 6.45) is 0. The third kappa shape index (κ3) is 1.81. The Bertz CT molecular complexity index is 543. The molecule has 0 aliphatic heterocycles. The highest BCUT2D eigenvalue weighted by atomic mass is 127. The van der Waals surface area contributed by atoms with Gasteiger partial charge in [0.05, 0.1) is 17.1 Å². The van der Waals surface area contributed by atoms with Gasteiger partial charge in [0.25, 0.3) is 0 Å². The second-order valence-electron chi connectivity index (χ2n) is 3.91. The van der Waals surface area contributed by atoms with Crippen molar-refractivity contribution in [2.45, 2.75) is 20.8 Å². The molecule has 0 fully saturated rings. The van der Waals surface area contributed by atoms with Gasteiger partial charge in [-0.25, -0.2) is 4.68 Å². The van der Waals surface area contributed by atoms with Crippen LogP contribution in [0.2, 0.25) is 0 Å². The van der Waals surface area contributed by atoms with Crippen molar-refractivity contribution in [1.29, 1.82) is 0 Å². The van der Waals surface area contributed by atoms with Gasteiger partial charge >= 0.3 is 0 Å². The normalized spacial score (nSPS) is 10.8. The summed E-state index contributed by atoms with van der Waals surface area (Å²) < 4.78 is 3.05. The van der Waals surface area contributed by atoms with Crippen molar-refractivity contribution in [3.63, 3.8) is 0 Å². The fraction of sp³-hybridized carbons (Fsp3) is 0.250. The number of benzene rings is 1. The smallest absolute Gasteiger partial charge is 0.0878 e. The Morgan fingerprint density at radius 3 is 2.44 bits per heavy atom. The van der Waals surface area contributed by atoms with Crippen LogP contribution in [0.5, 0.6) is 0 Å². The number of hydrogen-bond donors (Lipinski definition) is 1. The number of aryl methyl sites for hydroxylation is 1. The summed E-state index contributed by atoms with van der Waals surface area (Å²) in [4.78, 5) is 0. The molecule has 0 unspecified atom stereocenters. The number of hydrogen-bond acceptors (Lipinski definition) is 2. The predicted molar refractivity (Wildman–Crippen MR) is 74.9 cm³/mol. The number of aromatic nitrogens is 2. The van der Waals surface area contributed by atoms with E-state index in [-0.39, 0.29) is 0 Å². The van der Waals surface area contributed by atoms with Gasteiger partial charge in [-0.05, 0) is 67.1 Å². The number of nitrogens with two attached hydrogens (primary N) is 1. The number of nitrogen functional groups attached to an aromatic ring is 1. The molecule has 0 spiro atoms. The van der Waals surface area contributed by atoms with E-state index >= 15 is 0 Å². The summed E-state index contributed by atoms with van der Waals surface area (Å²) in [5.41, 5.74) is 11.1. The van der Waals surface area contributed by atoms with Crippen LogP contribution in [0.4, 0.5) is 5.69 Å². The zero-order chi connectivity index (χ0) is 11.9. The van der Waals surface area contributed by atoms with E-state index in [0.29, 0.717) is 0 Å². The van der Waals surface area contributed by atoms with Crippen molar-refractivity contribution in [2.75, 3.05) is 5.73 Å². The molecule has 1 heterocycles. The lowest BCUT2D eigenvalue weighted by molar-refractivity contribution is 0.835. The largest absolute Gasteiger partial charge is 0.397 e. The highest BCUT2D eigenvalue weighted by molar-refractivity contribution is 14.1. The maximum Gasteiger partial charge on any atom is 0.0878 e. The molecule has 1 aromatic carbocycles. The van der Waals surface area contributed by atoms with Gasteiger partial charge in [0, 0.05) is 9.26 Å². The Balaban J connectivity index is 2.63. The van der Waals surface area contributed by atoms with Gasteiger partial charge in [0.1, 0.15) is 0 Å². The summed E-state index contributed by atoms with van der Waals surface area (Å²) in [7, 11) is 0. The first-order valence-electron chi connectivity index (χ1n) is 5.09. The molecular formula is C12H14IN3. The molecule has 84 valence electrons. The molecule has 4 heteroatoms. The minimum absolute atomic E-state index is 0.762. The van der Waals surface area contributed by atoms with Gasteiger partial charge in [-0.15, -0.1) is 0 Å². The third-order valence-electron chi connectivity index (χ3n) is 2.87. The zero-order valence-electron chi connectivity index (χ0n) is 9.58. The molecule has 2 aromatic rings. The second kappa shape index (κ2) is 4.08. The van der Waals surface area contributed by atoms with Crippen LogP contribution in [0.1, 0.15) is 17.0 Å². The van der Waals surface area contributed by atoms with Crippen molar-refractivity contribution in [3.05, 3.63) is 38.7 Å². The SMILES string of the molecule is Cc1nn(-c2ccc(I)cc2N)c(C)c1C. The number of rotatable bonds is 1. The lowest BCUT2D eigenvalue weighted by Crippen LogP contribution is -2.03. The maximum absolute atomic E-state index is 6.02. The highest BCUT2D eigenvalue weighted by Crippen LogP contribution is 2.23. The average molecular weight is 327 g/mol. The molecule has 2 N–H and O–H groups in total. The Morgan fingerprint density at radius 1 is 1.25 bits per heavy atom. The summed E-state index contributed by atoms with van der Waals surface area (Å²) in [6, 6.07) is 6.01. The quantitative estimate of drug-likeness (QED) is 0.646. The standard InChI is InChI=1S/C12H14IN3/c1-7-8(2)15-16(9(7)3)12-5-4-10(13)6-11(12)14/h4-6H,14H2,1-3H3. The fourth-order valence-electron chi connectivity index (χ4n) is 1.67. The molecule has 0 radical (unpaired) electrons. The van der Waals surface area contributed by atoms with E-state index in [1.165, 1.54) is 5.56 Å². The summed E-state index contributed by atoms with van der Waals surface area (Å²) in [5, 5.41) is 4.50. The van der Waals surface area contributed by atoms with Crippen molar-refractivity contribution in [3.8, 4) is 5.69 Å². The zero-order valence-corrected chi connectivity index (χ0v) is 11.7. The van der Waals surface area contributed by atoms with E-state index < -0.39 is 0 Å². The predicted octanol–water partition coefficient (Wildman–Crippen LogP) is 2.98.